The van der Waals surface area contributed by atoms with Gasteiger partial charge in [-0.2, -0.15) is 25.8 Å². The third kappa shape index (κ3) is 3.07. The van der Waals surface area contributed by atoms with Crippen LogP contribution in [0, 0.1) is 23.0 Å². The van der Waals surface area contributed by atoms with E-state index in [1.807, 2.05) is 0 Å². The largest absolute Gasteiger partial charge is 0.759 e. The van der Waals surface area contributed by atoms with Crippen molar-refractivity contribution in [3.05, 3.63) is 5.21 Å². The summed E-state index contributed by atoms with van der Waals surface area (Å²) in [5, 5.41) is 6.17. The fourth-order valence-corrected chi connectivity index (χ4v) is 5.79. The summed E-state index contributed by atoms with van der Waals surface area (Å²) in [5.41, 5.74) is -6.29. The van der Waals surface area contributed by atoms with Gasteiger partial charge in [0.05, 0.1) is 0 Å². The van der Waals surface area contributed by atoms with Crippen LogP contribution in [-0.2, 0) is 20.0 Å². The van der Waals surface area contributed by atoms with E-state index < -0.39 is 47.0 Å². The molecule has 23 heavy (non-hydrogen) atoms. The van der Waals surface area contributed by atoms with E-state index in [1.165, 1.54) is 0 Å². The number of fused-ring (bicyclic) bond motifs is 2. The average molecular weight is 386 g/mol. The van der Waals surface area contributed by atoms with E-state index in [4.69, 9.17) is 0 Å². The van der Waals surface area contributed by atoms with Crippen molar-refractivity contribution in [2.24, 2.45) is 17.8 Å². The number of alkyl halides is 5. The van der Waals surface area contributed by atoms with Crippen LogP contribution in [0.3, 0.4) is 0 Å². The van der Waals surface area contributed by atoms with Crippen LogP contribution < -0.4 is 0 Å². The second-order valence-electron chi connectivity index (χ2n) is 5.90. The number of hydrogen-bond donors (Lipinski definition) is 0. The van der Waals surface area contributed by atoms with E-state index in [2.05, 4.69) is 0 Å². The van der Waals surface area contributed by atoms with Crippen LogP contribution in [0.2, 0.25) is 0 Å². The predicted octanol–water partition coefficient (Wildman–Crippen LogP) is 2.38. The van der Waals surface area contributed by atoms with Crippen molar-refractivity contribution in [3.8, 4) is 0 Å². The molecule has 0 radical (unpaired) electrons. The van der Waals surface area contributed by atoms with Gasteiger partial charge in [0.2, 0.25) is 0 Å². The van der Waals surface area contributed by atoms with Crippen LogP contribution in [-0.4, -0.2) is 31.5 Å². The normalized spacial score (nSPS) is 29.4. The smallest absolute Gasteiger partial charge is 0.511 e. The molecule has 2 saturated carbocycles. The highest BCUT2D eigenvalue weighted by Gasteiger charge is 2.58. The van der Waals surface area contributed by atoms with Crippen LogP contribution in [0.15, 0.2) is 0 Å². The Bertz CT molecular complexity index is 674. The molecule has 0 aliphatic heterocycles. The van der Waals surface area contributed by atoms with E-state index in [9.17, 15) is 44.0 Å². The Morgan fingerprint density at radius 1 is 0.957 bits per heavy atom. The van der Waals surface area contributed by atoms with E-state index in [-0.39, 0.29) is 11.8 Å². The van der Waals surface area contributed by atoms with Crippen molar-refractivity contribution in [1.29, 1.82) is 0 Å². The molecule has 136 valence electrons. The minimum absolute atomic E-state index is 0.158. The van der Waals surface area contributed by atoms with E-state index in [1.54, 1.807) is 0 Å². The molecule has 2 rings (SSSR count). The maximum Gasteiger partial charge on any atom is 0.511 e. The number of hydrogen-bond acceptors (Lipinski definition) is 5. The molecule has 2 aliphatic rings. The highest BCUT2D eigenvalue weighted by molar-refractivity contribution is 8.05. The first-order chi connectivity index (χ1) is 10.2. The summed E-state index contributed by atoms with van der Waals surface area (Å²) in [6.07, 6.45) is 0.981. The van der Waals surface area contributed by atoms with Gasteiger partial charge in [-0.05, 0) is 37.0 Å². The molecule has 0 amide bonds. The number of sulfonamides is 2. The summed E-state index contributed by atoms with van der Waals surface area (Å²) in [7, 11) is -13.5. The lowest BCUT2D eigenvalue weighted by molar-refractivity contribution is -0.0464. The van der Waals surface area contributed by atoms with Crippen LogP contribution in [0.1, 0.15) is 32.1 Å². The third-order valence-electron chi connectivity index (χ3n) is 4.45. The lowest BCUT2D eigenvalue weighted by Crippen LogP contribution is -2.48. The Balaban J connectivity index is 2.23. The molecule has 13 heteroatoms. The molecule has 0 aromatic rings. The van der Waals surface area contributed by atoms with Gasteiger partial charge in [-0.3, -0.25) is 0 Å². The lowest BCUT2D eigenvalue weighted by atomic mass is 9.86. The maximum atomic E-state index is 13.9. The first-order valence-electron chi connectivity index (χ1n) is 6.61. The van der Waals surface area contributed by atoms with Gasteiger partial charge in [-0.1, -0.05) is 6.42 Å². The summed E-state index contributed by atoms with van der Waals surface area (Å²) >= 11 is 0. The molecule has 0 saturated heterocycles. The first kappa shape index (κ1) is 18.8. The molecular formula is C10H13F5NO5S2-. The Kier molecular flexibility index (Phi) is 4.49. The fraction of sp³-hybridized carbons (Fsp3) is 1.00. The summed E-state index contributed by atoms with van der Waals surface area (Å²) < 4.78 is 106. The monoisotopic (exact) mass is 386 g/mol. The Morgan fingerprint density at radius 3 is 1.91 bits per heavy atom. The molecule has 3 atom stereocenters. The third-order valence-corrected chi connectivity index (χ3v) is 7.92. The Hall–Kier alpha value is -0.530. The van der Waals surface area contributed by atoms with E-state index in [0.717, 1.165) is 6.42 Å². The summed E-state index contributed by atoms with van der Waals surface area (Å²) in [4.78, 5) is 0. The van der Waals surface area contributed by atoms with Gasteiger partial charge in [0.15, 0.2) is 0 Å². The molecule has 2 bridgehead atoms. The molecule has 0 aromatic heterocycles. The molecule has 6 nitrogen and oxygen atoms in total. The number of nitrogens with zero attached hydrogens (tertiary/aromatic N) is 1. The molecule has 0 N–H and O–H groups in total. The quantitative estimate of drug-likeness (QED) is 0.534. The van der Waals surface area contributed by atoms with Crippen molar-refractivity contribution in [2.75, 3.05) is 0 Å². The van der Waals surface area contributed by atoms with Crippen molar-refractivity contribution in [2.45, 2.75) is 42.9 Å². The molecule has 2 aliphatic carbocycles. The van der Waals surface area contributed by atoms with Crippen molar-refractivity contribution in [1.82, 2.24) is 3.87 Å². The highest BCUT2D eigenvalue weighted by Crippen LogP contribution is 2.52. The molecular weight excluding hydrogens is 373 g/mol. The molecule has 0 aromatic carbocycles. The highest BCUT2D eigenvalue weighted by atomic mass is 32.3. The minimum Gasteiger partial charge on any atom is -0.759 e. The maximum absolute atomic E-state index is 13.9. The van der Waals surface area contributed by atoms with Gasteiger partial charge in [-0.25, -0.2) is 16.8 Å². The molecule has 2 fully saturated rings. The van der Waals surface area contributed by atoms with Gasteiger partial charge in [0, 0.05) is 6.42 Å². The van der Waals surface area contributed by atoms with Crippen LogP contribution in [0.5, 0.6) is 0 Å². The number of rotatable bonds is 5. The Morgan fingerprint density at radius 2 is 1.52 bits per heavy atom. The van der Waals surface area contributed by atoms with Crippen molar-refractivity contribution >= 4 is 20.0 Å². The van der Waals surface area contributed by atoms with Crippen molar-refractivity contribution < 1.29 is 38.8 Å². The summed E-state index contributed by atoms with van der Waals surface area (Å²) in [6, 6.07) is 0. The Labute approximate surface area is 129 Å². The SMILES string of the molecule is O=S(=O)(N([O-])S(=O)(=O)C(F)(F)CC1CC2CCC1C2)C(F)(F)F. The second kappa shape index (κ2) is 5.49. The zero-order valence-corrected chi connectivity index (χ0v) is 13.1. The molecule has 3 unspecified atom stereocenters. The summed E-state index contributed by atoms with van der Waals surface area (Å²) in [5.74, 6) is -0.785. The molecule has 0 heterocycles. The van der Waals surface area contributed by atoms with Gasteiger partial charge < -0.3 is 5.21 Å². The predicted molar refractivity (Wildman–Crippen MR) is 67.6 cm³/mol. The van der Waals surface area contributed by atoms with Gasteiger partial charge in [-0.15, -0.1) is 0 Å². The minimum atomic E-state index is -6.95. The standard InChI is InChI=1S/C10H13F5NO5S2/c11-9(12,5-8-4-6-1-2-7(8)3-6)22(18,19)16(17)23(20,21)10(13,14)15/h6-8H,1-5H2/q-1. The van der Waals surface area contributed by atoms with Gasteiger partial charge in [0.1, 0.15) is 0 Å². The van der Waals surface area contributed by atoms with Crippen LogP contribution in [0.4, 0.5) is 22.0 Å². The fourth-order valence-electron chi connectivity index (χ4n) is 3.36. The van der Waals surface area contributed by atoms with E-state index >= 15 is 0 Å². The lowest BCUT2D eigenvalue weighted by Gasteiger charge is -2.33. The first-order valence-corrected chi connectivity index (χ1v) is 9.49. The second-order valence-corrected chi connectivity index (χ2v) is 9.75. The zero-order chi connectivity index (χ0) is 17.8. The summed E-state index contributed by atoms with van der Waals surface area (Å²) in [6.45, 7) is 0. The van der Waals surface area contributed by atoms with Crippen molar-refractivity contribution in [3.63, 3.8) is 0 Å². The van der Waals surface area contributed by atoms with E-state index in [0.29, 0.717) is 19.3 Å². The van der Waals surface area contributed by atoms with Gasteiger partial charge >= 0.3 is 20.8 Å². The van der Waals surface area contributed by atoms with Gasteiger partial charge in [0.25, 0.3) is 10.0 Å². The average Bonchev–Trinajstić information content (AvgIpc) is 2.97. The zero-order valence-electron chi connectivity index (χ0n) is 11.5. The molecule has 0 spiro atoms. The van der Waals surface area contributed by atoms with Crippen LogP contribution >= 0.6 is 0 Å². The topological polar surface area (TPSA) is 94.6 Å². The number of halogens is 5. The van der Waals surface area contributed by atoms with Crippen LogP contribution in [0.25, 0.3) is 0 Å².